The largest absolute Gasteiger partial charge is 0.435 e. The SMILES string of the molecule is CN(Cc1ccc(OC(F)F)cc1)C(=O)c1cc(-c2ccccc2)on1. The Morgan fingerprint density at radius 1 is 1.15 bits per heavy atom. The average molecular weight is 358 g/mol. The number of ether oxygens (including phenoxy) is 1. The van der Waals surface area contributed by atoms with Gasteiger partial charge in [-0.25, -0.2) is 0 Å². The van der Waals surface area contributed by atoms with Crippen LogP contribution in [0.15, 0.2) is 65.2 Å². The molecule has 2 aromatic carbocycles. The maximum absolute atomic E-state index is 12.5. The summed E-state index contributed by atoms with van der Waals surface area (Å²) in [6.45, 7) is -2.57. The van der Waals surface area contributed by atoms with Gasteiger partial charge < -0.3 is 14.2 Å². The fourth-order valence-electron chi connectivity index (χ4n) is 2.43. The van der Waals surface area contributed by atoms with Crippen LogP contribution in [-0.4, -0.2) is 29.6 Å². The molecule has 0 spiro atoms. The summed E-state index contributed by atoms with van der Waals surface area (Å²) in [6, 6.07) is 17.1. The first-order chi connectivity index (χ1) is 12.5. The number of benzene rings is 2. The van der Waals surface area contributed by atoms with E-state index >= 15 is 0 Å². The van der Waals surface area contributed by atoms with Crippen molar-refractivity contribution in [2.75, 3.05) is 7.05 Å². The first-order valence-electron chi connectivity index (χ1n) is 7.84. The number of alkyl halides is 2. The van der Waals surface area contributed by atoms with E-state index in [2.05, 4.69) is 9.89 Å². The molecule has 0 fully saturated rings. The van der Waals surface area contributed by atoms with Crippen LogP contribution < -0.4 is 4.74 Å². The molecule has 0 aliphatic carbocycles. The Labute approximate surface area is 148 Å². The highest BCUT2D eigenvalue weighted by molar-refractivity contribution is 5.92. The van der Waals surface area contributed by atoms with Crippen molar-refractivity contribution in [3.05, 3.63) is 71.9 Å². The number of hydrogen-bond acceptors (Lipinski definition) is 4. The number of amides is 1. The van der Waals surface area contributed by atoms with Gasteiger partial charge in [0.15, 0.2) is 11.5 Å². The molecule has 5 nitrogen and oxygen atoms in total. The summed E-state index contributed by atoms with van der Waals surface area (Å²) in [5.41, 5.74) is 1.80. The van der Waals surface area contributed by atoms with Crippen LogP contribution in [0, 0.1) is 0 Å². The summed E-state index contributed by atoms with van der Waals surface area (Å²) in [5.74, 6) is 0.279. The van der Waals surface area contributed by atoms with Gasteiger partial charge in [0.05, 0.1) is 0 Å². The minimum absolute atomic E-state index is 0.0710. The second kappa shape index (κ2) is 7.77. The van der Waals surface area contributed by atoms with Gasteiger partial charge in [0.2, 0.25) is 0 Å². The lowest BCUT2D eigenvalue weighted by molar-refractivity contribution is -0.0498. The van der Waals surface area contributed by atoms with E-state index in [4.69, 9.17) is 4.52 Å². The van der Waals surface area contributed by atoms with E-state index in [1.807, 2.05) is 30.3 Å². The number of rotatable bonds is 6. The summed E-state index contributed by atoms with van der Waals surface area (Å²) in [4.78, 5) is 14.0. The number of hydrogen-bond donors (Lipinski definition) is 0. The quantitative estimate of drug-likeness (QED) is 0.662. The molecule has 26 heavy (non-hydrogen) atoms. The van der Waals surface area contributed by atoms with Gasteiger partial charge in [-0.15, -0.1) is 0 Å². The third-order valence-electron chi connectivity index (χ3n) is 3.70. The van der Waals surface area contributed by atoms with Gasteiger partial charge in [-0.3, -0.25) is 4.79 Å². The second-order valence-electron chi connectivity index (χ2n) is 5.63. The minimum Gasteiger partial charge on any atom is -0.435 e. The van der Waals surface area contributed by atoms with Gasteiger partial charge in [0, 0.05) is 25.2 Å². The van der Waals surface area contributed by atoms with Crippen LogP contribution in [0.2, 0.25) is 0 Å². The van der Waals surface area contributed by atoms with Gasteiger partial charge in [0.25, 0.3) is 5.91 Å². The van der Waals surface area contributed by atoms with E-state index in [0.717, 1.165) is 11.1 Å². The Hall–Kier alpha value is -3.22. The number of halogens is 2. The summed E-state index contributed by atoms with van der Waals surface area (Å²) < 4.78 is 33.9. The second-order valence-corrected chi connectivity index (χ2v) is 5.63. The van der Waals surface area contributed by atoms with Crippen molar-refractivity contribution in [3.63, 3.8) is 0 Å². The molecular formula is C19H16F2N2O3. The predicted octanol–water partition coefficient (Wildman–Crippen LogP) is 4.22. The van der Waals surface area contributed by atoms with Gasteiger partial charge in [-0.2, -0.15) is 8.78 Å². The topological polar surface area (TPSA) is 55.6 Å². The predicted molar refractivity (Wildman–Crippen MR) is 90.8 cm³/mol. The van der Waals surface area contributed by atoms with Crippen LogP contribution in [0.1, 0.15) is 16.1 Å². The molecular weight excluding hydrogens is 342 g/mol. The Morgan fingerprint density at radius 2 is 1.85 bits per heavy atom. The Bertz CT molecular complexity index is 864. The Balaban J connectivity index is 1.65. The fourth-order valence-corrected chi connectivity index (χ4v) is 2.43. The molecule has 0 saturated heterocycles. The third kappa shape index (κ3) is 4.24. The maximum atomic E-state index is 12.5. The van der Waals surface area contributed by atoms with Gasteiger partial charge in [-0.05, 0) is 17.7 Å². The zero-order chi connectivity index (χ0) is 18.5. The van der Waals surface area contributed by atoms with E-state index in [9.17, 15) is 13.6 Å². The standard InChI is InChI=1S/C19H16F2N2O3/c1-23(12-13-7-9-15(10-8-13)25-19(20)21)18(24)16-11-17(26-22-16)14-5-3-2-4-6-14/h2-11,19H,12H2,1H3. The van der Waals surface area contributed by atoms with E-state index < -0.39 is 6.61 Å². The molecule has 0 N–H and O–H groups in total. The monoisotopic (exact) mass is 358 g/mol. The molecule has 1 aromatic heterocycles. The van der Waals surface area contributed by atoms with Crippen molar-refractivity contribution in [2.45, 2.75) is 13.2 Å². The fraction of sp³-hybridized carbons (Fsp3) is 0.158. The summed E-state index contributed by atoms with van der Waals surface area (Å²) in [6.07, 6.45) is 0. The molecule has 0 saturated carbocycles. The molecule has 1 amide bonds. The first-order valence-corrected chi connectivity index (χ1v) is 7.84. The smallest absolute Gasteiger partial charge is 0.387 e. The number of aromatic nitrogens is 1. The summed E-state index contributed by atoms with van der Waals surface area (Å²) >= 11 is 0. The van der Waals surface area contributed by atoms with Gasteiger partial charge in [0.1, 0.15) is 5.75 Å². The number of carbonyl (C=O) groups is 1. The molecule has 0 aliphatic heterocycles. The van der Waals surface area contributed by atoms with Crippen LogP contribution >= 0.6 is 0 Å². The van der Waals surface area contributed by atoms with Crippen LogP contribution in [0.3, 0.4) is 0 Å². The molecule has 1 heterocycles. The summed E-state index contributed by atoms with van der Waals surface area (Å²) in [5, 5.41) is 3.83. The molecule has 0 radical (unpaired) electrons. The van der Waals surface area contributed by atoms with Gasteiger partial charge in [-0.1, -0.05) is 47.6 Å². The van der Waals surface area contributed by atoms with Crippen molar-refractivity contribution in [1.29, 1.82) is 0 Å². The summed E-state index contributed by atoms with van der Waals surface area (Å²) in [7, 11) is 1.63. The van der Waals surface area contributed by atoms with Crippen molar-refractivity contribution in [2.24, 2.45) is 0 Å². The Morgan fingerprint density at radius 3 is 2.50 bits per heavy atom. The van der Waals surface area contributed by atoms with Crippen LogP contribution in [0.4, 0.5) is 8.78 Å². The first kappa shape index (κ1) is 17.6. The molecule has 0 unspecified atom stereocenters. The van der Waals surface area contributed by atoms with Crippen LogP contribution in [-0.2, 0) is 6.54 Å². The zero-order valence-corrected chi connectivity index (χ0v) is 13.9. The zero-order valence-electron chi connectivity index (χ0n) is 13.9. The van der Waals surface area contributed by atoms with Crippen LogP contribution in [0.25, 0.3) is 11.3 Å². The molecule has 3 rings (SSSR count). The van der Waals surface area contributed by atoms with E-state index in [0.29, 0.717) is 12.3 Å². The van der Waals surface area contributed by atoms with E-state index in [1.165, 1.54) is 17.0 Å². The number of carbonyl (C=O) groups excluding carboxylic acids is 1. The van der Waals surface area contributed by atoms with Crippen LogP contribution in [0.5, 0.6) is 5.75 Å². The van der Waals surface area contributed by atoms with E-state index in [-0.39, 0.29) is 17.4 Å². The number of nitrogens with zero attached hydrogens (tertiary/aromatic N) is 2. The molecule has 3 aromatic rings. The lowest BCUT2D eigenvalue weighted by Crippen LogP contribution is -2.26. The van der Waals surface area contributed by atoms with Crippen molar-refractivity contribution < 1.29 is 22.8 Å². The van der Waals surface area contributed by atoms with E-state index in [1.54, 1.807) is 25.2 Å². The van der Waals surface area contributed by atoms with Crippen molar-refractivity contribution in [3.8, 4) is 17.1 Å². The molecule has 0 bridgehead atoms. The van der Waals surface area contributed by atoms with Gasteiger partial charge >= 0.3 is 6.61 Å². The average Bonchev–Trinajstić information content (AvgIpc) is 3.13. The lowest BCUT2D eigenvalue weighted by atomic mass is 10.1. The highest BCUT2D eigenvalue weighted by Crippen LogP contribution is 2.21. The maximum Gasteiger partial charge on any atom is 0.387 e. The highest BCUT2D eigenvalue weighted by Gasteiger charge is 2.18. The van der Waals surface area contributed by atoms with Crippen molar-refractivity contribution >= 4 is 5.91 Å². The van der Waals surface area contributed by atoms with Crippen molar-refractivity contribution in [1.82, 2.24) is 10.1 Å². The molecule has 7 heteroatoms. The highest BCUT2D eigenvalue weighted by atomic mass is 19.3. The third-order valence-corrected chi connectivity index (χ3v) is 3.70. The lowest BCUT2D eigenvalue weighted by Gasteiger charge is -2.16. The Kier molecular flexibility index (Phi) is 5.26. The molecule has 0 aliphatic rings. The minimum atomic E-state index is -2.86. The molecule has 0 atom stereocenters. The molecule has 134 valence electrons. The normalized spacial score (nSPS) is 10.8.